The molecule has 1 saturated heterocycles. The summed E-state index contributed by atoms with van der Waals surface area (Å²) in [5, 5.41) is 18.6. The number of carboxylic acids is 1. The molecule has 0 spiro atoms. The molecule has 0 aromatic carbocycles. The minimum absolute atomic E-state index is 0.0372. The van der Waals surface area contributed by atoms with Gasteiger partial charge in [-0.1, -0.05) is 30.4 Å². The Hall–Kier alpha value is -2.33. The maximum Gasteiger partial charge on any atom is 0.304 e. The summed E-state index contributed by atoms with van der Waals surface area (Å²) in [5.74, 6) is -2.91. The summed E-state index contributed by atoms with van der Waals surface area (Å²) in [6, 6.07) is 0. The highest BCUT2D eigenvalue weighted by Crippen LogP contribution is 2.43. The number of methoxy groups -OCH3 is 1. The average molecular weight is 455 g/mol. The molecule has 32 heavy (non-hydrogen) atoms. The third kappa shape index (κ3) is 8.66. The van der Waals surface area contributed by atoms with Gasteiger partial charge in [0.25, 0.3) is 0 Å². The molecule has 4 atom stereocenters. The van der Waals surface area contributed by atoms with Crippen LogP contribution < -0.4 is 0 Å². The molecule has 1 aliphatic heterocycles. The number of rotatable bonds is 12. The van der Waals surface area contributed by atoms with Crippen molar-refractivity contribution in [3.63, 3.8) is 0 Å². The molecule has 1 aliphatic rings. The Kier molecular flexibility index (Phi) is 10.9. The van der Waals surface area contributed by atoms with Crippen molar-refractivity contribution >= 4 is 17.7 Å². The number of hydrogen-bond acceptors (Lipinski definition) is 8. The lowest BCUT2D eigenvalue weighted by Crippen LogP contribution is -2.47. The smallest absolute Gasteiger partial charge is 0.304 e. The molecule has 9 nitrogen and oxygen atoms in total. The van der Waals surface area contributed by atoms with E-state index in [9.17, 15) is 19.5 Å². The van der Waals surface area contributed by atoms with Gasteiger partial charge in [-0.3, -0.25) is 14.8 Å². The molecule has 0 bridgehead atoms. The molecule has 2 N–H and O–H groups in total. The fourth-order valence-corrected chi connectivity index (χ4v) is 3.58. The lowest BCUT2D eigenvalue weighted by Gasteiger charge is -2.43. The maximum absolute atomic E-state index is 11.7. The maximum atomic E-state index is 11.7. The van der Waals surface area contributed by atoms with Crippen LogP contribution in [0.4, 0.5) is 0 Å². The van der Waals surface area contributed by atoms with Gasteiger partial charge in [0.2, 0.25) is 6.29 Å². The number of carbonyl (C=O) groups excluding carboxylic acids is 2. The summed E-state index contributed by atoms with van der Waals surface area (Å²) in [6.07, 6.45) is 3.82. The first kappa shape index (κ1) is 27.7. The van der Waals surface area contributed by atoms with Crippen molar-refractivity contribution in [3.05, 3.63) is 36.0 Å². The molecular weight excluding hydrogens is 420 g/mol. The zero-order chi connectivity index (χ0) is 24.5. The zero-order valence-electron chi connectivity index (χ0n) is 19.3. The molecule has 180 valence electrons. The van der Waals surface area contributed by atoms with Crippen molar-refractivity contribution in [2.45, 2.75) is 71.6 Å². The first-order chi connectivity index (χ1) is 14.9. The molecule has 0 radical (unpaired) electrons. The molecule has 0 aromatic heterocycles. The number of aliphatic carboxylic acids is 1. The topological polar surface area (TPSA) is 129 Å². The summed E-state index contributed by atoms with van der Waals surface area (Å²) in [7, 11) is 1.40. The van der Waals surface area contributed by atoms with E-state index in [1.807, 2.05) is 0 Å². The standard InChI is InChI=1S/C23H34O9/c1-14(9-7-10-15(2)24)20-18(13-19(26)27)17(11-8-12-23(4,5)32-28)21(29-6)31-22(20)30-16(3)25/h8,11-12,18,20-22,28H,1,7,9-10,13H2,2-6H3,(H,26,27)/t18-,20+,21+,22+/m1/s1. The quantitative estimate of drug-likeness (QED) is 0.196. The Bertz CT molecular complexity index is 751. The van der Waals surface area contributed by atoms with Crippen LogP contribution in [-0.2, 0) is 33.5 Å². The van der Waals surface area contributed by atoms with Gasteiger partial charge in [0, 0.05) is 32.3 Å². The van der Waals surface area contributed by atoms with Gasteiger partial charge >= 0.3 is 11.9 Å². The van der Waals surface area contributed by atoms with E-state index in [1.165, 1.54) is 21.0 Å². The molecule has 1 fully saturated rings. The van der Waals surface area contributed by atoms with E-state index in [4.69, 9.17) is 19.5 Å². The molecule has 0 amide bonds. The lowest BCUT2D eigenvalue weighted by molar-refractivity contribution is -0.297. The summed E-state index contributed by atoms with van der Waals surface area (Å²) >= 11 is 0. The van der Waals surface area contributed by atoms with Crippen LogP contribution in [0.15, 0.2) is 36.0 Å². The Morgan fingerprint density at radius 2 is 1.88 bits per heavy atom. The molecule has 0 unspecified atom stereocenters. The van der Waals surface area contributed by atoms with Crippen LogP contribution in [0.1, 0.15) is 53.4 Å². The SMILES string of the molecule is C=C(CCCC(C)=O)[C@@H]1[C@@H](OC(C)=O)O[C@H](OC)C(=CC=CC(C)(C)OO)[C@H]1CC(=O)O. The number of allylic oxidation sites excluding steroid dienone is 2. The third-order valence-electron chi connectivity index (χ3n) is 5.10. The van der Waals surface area contributed by atoms with Gasteiger partial charge in [-0.05, 0) is 39.2 Å². The Balaban J connectivity index is 3.40. The average Bonchev–Trinajstić information content (AvgIpc) is 2.67. The number of carbonyl (C=O) groups is 3. The first-order valence-electron chi connectivity index (χ1n) is 10.4. The first-order valence-corrected chi connectivity index (χ1v) is 10.4. The van der Waals surface area contributed by atoms with Crippen molar-refractivity contribution in [2.24, 2.45) is 11.8 Å². The lowest BCUT2D eigenvalue weighted by atomic mass is 9.75. The number of ketones is 1. The van der Waals surface area contributed by atoms with Crippen LogP contribution in [0.2, 0.25) is 0 Å². The van der Waals surface area contributed by atoms with E-state index in [1.54, 1.807) is 32.1 Å². The summed E-state index contributed by atoms with van der Waals surface area (Å²) in [4.78, 5) is 39.1. The molecule has 0 aliphatic carbocycles. The second-order valence-electron chi connectivity index (χ2n) is 8.35. The monoisotopic (exact) mass is 454 g/mol. The largest absolute Gasteiger partial charge is 0.481 e. The number of Topliss-reactive ketones (excluding diaryl/α,β-unsaturated/α-hetero) is 1. The van der Waals surface area contributed by atoms with Crippen LogP contribution in [-0.4, -0.2) is 53.4 Å². The van der Waals surface area contributed by atoms with E-state index in [2.05, 4.69) is 11.5 Å². The molecule has 9 heteroatoms. The third-order valence-corrected chi connectivity index (χ3v) is 5.10. The van der Waals surface area contributed by atoms with Gasteiger partial charge in [-0.15, -0.1) is 0 Å². The van der Waals surface area contributed by atoms with Gasteiger partial charge in [-0.25, -0.2) is 4.89 Å². The Labute approximate surface area is 188 Å². The van der Waals surface area contributed by atoms with Crippen LogP contribution in [0.25, 0.3) is 0 Å². The van der Waals surface area contributed by atoms with Gasteiger partial charge < -0.3 is 24.1 Å². The fraction of sp³-hybridized carbons (Fsp3) is 0.609. The minimum Gasteiger partial charge on any atom is -0.481 e. The number of carboxylic acid groups (broad SMARTS) is 1. The van der Waals surface area contributed by atoms with Crippen LogP contribution in [0.5, 0.6) is 0 Å². The van der Waals surface area contributed by atoms with E-state index in [0.29, 0.717) is 30.4 Å². The van der Waals surface area contributed by atoms with Crippen molar-refractivity contribution in [3.8, 4) is 0 Å². The van der Waals surface area contributed by atoms with Gasteiger partial charge in [0.15, 0.2) is 6.29 Å². The van der Waals surface area contributed by atoms with Gasteiger partial charge in [0.05, 0.1) is 6.42 Å². The fourth-order valence-electron chi connectivity index (χ4n) is 3.58. The summed E-state index contributed by atoms with van der Waals surface area (Å²) < 4.78 is 16.6. The second kappa shape index (κ2) is 12.6. The minimum atomic E-state index is -1.09. The number of hydrogen-bond donors (Lipinski definition) is 2. The highest BCUT2D eigenvalue weighted by atomic mass is 17.1. The van der Waals surface area contributed by atoms with Crippen molar-refractivity contribution in [1.29, 1.82) is 0 Å². The molecule has 0 saturated carbocycles. The summed E-state index contributed by atoms with van der Waals surface area (Å²) in [6.45, 7) is 10.1. The van der Waals surface area contributed by atoms with Crippen LogP contribution >= 0.6 is 0 Å². The molecule has 0 aromatic rings. The van der Waals surface area contributed by atoms with E-state index >= 15 is 0 Å². The number of esters is 1. The van der Waals surface area contributed by atoms with Crippen molar-refractivity contribution < 1.29 is 43.8 Å². The van der Waals surface area contributed by atoms with Gasteiger partial charge in [0.1, 0.15) is 11.4 Å². The van der Waals surface area contributed by atoms with E-state index in [-0.39, 0.29) is 12.2 Å². The molecule has 1 heterocycles. The predicted molar refractivity (Wildman–Crippen MR) is 115 cm³/mol. The summed E-state index contributed by atoms with van der Waals surface area (Å²) in [5.41, 5.74) is 0.168. The van der Waals surface area contributed by atoms with Crippen molar-refractivity contribution in [1.82, 2.24) is 0 Å². The Morgan fingerprint density at radius 1 is 1.22 bits per heavy atom. The molecule has 1 rings (SSSR count). The highest BCUT2D eigenvalue weighted by molar-refractivity contribution is 5.75. The van der Waals surface area contributed by atoms with Crippen molar-refractivity contribution in [2.75, 3.05) is 7.11 Å². The normalized spacial score (nSPS) is 25.1. The molecular formula is C23H34O9. The number of ether oxygens (including phenoxy) is 3. The van der Waals surface area contributed by atoms with E-state index in [0.717, 1.165) is 0 Å². The predicted octanol–water partition coefficient (Wildman–Crippen LogP) is 3.65. The van der Waals surface area contributed by atoms with Crippen LogP contribution in [0.3, 0.4) is 0 Å². The van der Waals surface area contributed by atoms with Crippen LogP contribution in [0, 0.1) is 11.8 Å². The Morgan fingerprint density at radius 3 is 2.38 bits per heavy atom. The van der Waals surface area contributed by atoms with E-state index < -0.39 is 42.0 Å². The highest BCUT2D eigenvalue weighted by Gasteiger charge is 2.45. The zero-order valence-corrected chi connectivity index (χ0v) is 19.3. The second-order valence-corrected chi connectivity index (χ2v) is 8.35. The van der Waals surface area contributed by atoms with Gasteiger partial charge in [-0.2, -0.15) is 0 Å².